The number of aliphatic carboxylic acids is 1. The number of nitrogens with one attached hydrogen (secondary N) is 1. The topological polar surface area (TPSA) is 49.3 Å². The van der Waals surface area contributed by atoms with Crippen molar-refractivity contribution >= 4 is 11.7 Å². The second kappa shape index (κ2) is 6.78. The fourth-order valence-corrected chi connectivity index (χ4v) is 0.955. The van der Waals surface area contributed by atoms with Gasteiger partial charge in [0.2, 0.25) is 0 Å². The first kappa shape index (κ1) is 15.3. The number of rotatable bonds is 3. The quantitative estimate of drug-likeness (QED) is 0.864. The molecule has 0 spiro atoms. The number of carbonyl (C=O) groups is 1. The number of anilines is 1. The number of carboxylic acids is 1. The average Bonchev–Trinajstić information content (AvgIpc) is 2.28. The molecule has 0 bridgehead atoms. The van der Waals surface area contributed by atoms with E-state index in [-0.39, 0.29) is 6.54 Å². The van der Waals surface area contributed by atoms with E-state index in [1.807, 2.05) is 13.8 Å². The normalized spacial score (nSPS) is 10.2. The van der Waals surface area contributed by atoms with Crippen LogP contribution in [0.4, 0.5) is 18.9 Å². The van der Waals surface area contributed by atoms with Crippen molar-refractivity contribution in [2.45, 2.75) is 20.0 Å². The van der Waals surface area contributed by atoms with Crippen molar-refractivity contribution in [3.63, 3.8) is 0 Å². The number of hydrogen-bond acceptors (Lipinski definition) is 2. The van der Waals surface area contributed by atoms with E-state index < -0.39 is 17.7 Å². The lowest BCUT2D eigenvalue weighted by Crippen LogP contribution is -2.12. The minimum Gasteiger partial charge on any atom is -0.480 e. The molecule has 0 aromatic heterocycles. The third-order valence-electron chi connectivity index (χ3n) is 1.66. The maximum atomic E-state index is 12.1. The third kappa shape index (κ3) is 5.79. The fourth-order valence-electron chi connectivity index (χ4n) is 0.955. The van der Waals surface area contributed by atoms with E-state index in [1.54, 1.807) is 0 Å². The van der Waals surface area contributed by atoms with Gasteiger partial charge >= 0.3 is 12.1 Å². The summed E-state index contributed by atoms with van der Waals surface area (Å²) in [5.74, 6) is -1.07. The van der Waals surface area contributed by atoms with Crippen molar-refractivity contribution < 1.29 is 23.1 Å². The maximum absolute atomic E-state index is 12.1. The van der Waals surface area contributed by atoms with Gasteiger partial charge < -0.3 is 10.4 Å². The van der Waals surface area contributed by atoms with E-state index >= 15 is 0 Å². The molecule has 0 heterocycles. The smallest absolute Gasteiger partial charge is 0.416 e. The zero-order chi connectivity index (χ0) is 13.5. The lowest BCUT2D eigenvalue weighted by atomic mass is 10.2. The number of benzene rings is 1. The lowest BCUT2D eigenvalue weighted by Gasteiger charge is -2.08. The molecule has 3 nitrogen and oxygen atoms in total. The van der Waals surface area contributed by atoms with Crippen LogP contribution >= 0.6 is 0 Å². The van der Waals surface area contributed by atoms with Gasteiger partial charge in [-0.1, -0.05) is 13.8 Å². The molecule has 0 amide bonds. The molecule has 0 saturated carbocycles. The highest BCUT2D eigenvalue weighted by Crippen LogP contribution is 2.29. The van der Waals surface area contributed by atoms with Gasteiger partial charge in [0.1, 0.15) is 6.54 Å². The van der Waals surface area contributed by atoms with Crippen LogP contribution in [0, 0.1) is 0 Å². The summed E-state index contributed by atoms with van der Waals surface area (Å²) in [6.45, 7) is 3.67. The largest absolute Gasteiger partial charge is 0.480 e. The van der Waals surface area contributed by atoms with Crippen molar-refractivity contribution in [3.05, 3.63) is 29.8 Å². The summed E-state index contributed by atoms with van der Waals surface area (Å²) in [6.07, 6.45) is -4.37. The minimum atomic E-state index is -4.37. The highest BCUT2D eigenvalue weighted by atomic mass is 19.4. The Morgan fingerprint density at radius 2 is 1.71 bits per heavy atom. The van der Waals surface area contributed by atoms with Crippen LogP contribution in [0.3, 0.4) is 0 Å². The molecule has 1 aromatic rings. The summed E-state index contributed by atoms with van der Waals surface area (Å²) in [7, 11) is 0. The van der Waals surface area contributed by atoms with Gasteiger partial charge in [-0.15, -0.1) is 0 Å². The minimum absolute atomic E-state index is 0.328. The Labute approximate surface area is 97.3 Å². The summed E-state index contributed by atoms with van der Waals surface area (Å²) in [4.78, 5) is 10.2. The highest BCUT2D eigenvalue weighted by molar-refractivity contribution is 5.72. The predicted octanol–water partition coefficient (Wildman–Crippen LogP) is 3.23. The molecule has 1 aromatic carbocycles. The van der Waals surface area contributed by atoms with Gasteiger partial charge in [-0.3, -0.25) is 4.79 Å². The van der Waals surface area contributed by atoms with Gasteiger partial charge in [0.05, 0.1) is 5.56 Å². The standard InChI is InChI=1S/C9H8F3NO2.C2H6/c10-9(11,12)6-1-3-7(4-2-6)13-5-8(14)15;1-2/h1-4,13H,5H2,(H,14,15);1-2H3. The Morgan fingerprint density at radius 3 is 2.06 bits per heavy atom. The number of alkyl halides is 3. The summed E-state index contributed by atoms with van der Waals surface area (Å²) >= 11 is 0. The zero-order valence-corrected chi connectivity index (χ0v) is 9.51. The second-order valence-electron chi connectivity index (χ2n) is 2.82. The zero-order valence-electron chi connectivity index (χ0n) is 9.51. The van der Waals surface area contributed by atoms with Crippen LogP contribution in [-0.2, 0) is 11.0 Å². The molecule has 6 heteroatoms. The monoisotopic (exact) mass is 249 g/mol. The first-order valence-corrected chi connectivity index (χ1v) is 5.02. The van der Waals surface area contributed by atoms with E-state index in [1.165, 1.54) is 12.1 Å². The van der Waals surface area contributed by atoms with E-state index in [2.05, 4.69) is 5.32 Å². The number of hydrogen-bond donors (Lipinski definition) is 2. The highest BCUT2D eigenvalue weighted by Gasteiger charge is 2.29. The molecule has 17 heavy (non-hydrogen) atoms. The Bertz CT molecular complexity index is 347. The van der Waals surface area contributed by atoms with Crippen LogP contribution < -0.4 is 5.32 Å². The van der Waals surface area contributed by atoms with Crippen LogP contribution in [0.5, 0.6) is 0 Å². The van der Waals surface area contributed by atoms with Crippen LogP contribution in [0.25, 0.3) is 0 Å². The van der Waals surface area contributed by atoms with Gasteiger partial charge in [0.15, 0.2) is 0 Å². The molecule has 0 saturated heterocycles. The fraction of sp³-hybridized carbons (Fsp3) is 0.364. The molecule has 0 radical (unpaired) electrons. The molecule has 0 fully saturated rings. The van der Waals surface area contributed by atoms with Crippen LogP contribution in [-0.4, -0.2) is 17.6 Å². The Kier molecular flexibility index (Phi) is 6.09. The van der Waals surface area contributed by atoms with E-state index in [0.29, 0.717) is 5.69 Å². The third-order valence-corrected chi connectivity index (χ3v) is 1.66. The summed E-state index contributed by atoms with van der Waals surface area (Å²) < 4.78 is 36.4. The molecular formula is C11H14F3NO2. The average molecular weight is 249 g/mol. The summed E-state index contributed by atoms with van der Waals surface area (Å²) in [5, 5.41) is 10.8. The molecule has 0 unspecified atom stereocenters. The Morgan fingerprint density at radius 1 is 1.24 bits per heavy atom. The van der Waals surface area contributed by atoms with E-state index in [0.717, 1.165) is 12.1 Å². The number of carboxylic acid groups (broad SMARTS) is 1. The van der Waals surface area contributed by atoms with Crippen LogP contribution in [0.15, 0.2) is 24.3 Å². The Balaban J connectivity index is 0.00000121. The van der Waals surface area contributed by atoms with E-state index in [4.69, 9.17) is 5.11 Å². The van der Waals surface area contributed by atoms with Crippen molar-refractivity contribution in [1.29, 1.82) is 0 Å². The molecule has 1 rings (SSSR count). The molecular weight excluding hydrogens is 235 g/mol. The van der Waals surface area contributed by atoms with Crippen LogP contribution in [0.1, 0.15) is 19.4 Å². The van der Waals surface area contributed by atoms with Crippen molar-refractivity contribution in [3.8, 4) is 0 Å². The summed E-state index contributed by atoms with van der Waals surface area (Å²) in [6, 6.07) is 4.16. The number of halogens is 3. The first-order valence-electron chi connectivity index (χ1n) is 5.02. The molecule has 0 aliphatic heterocycles. The van der Waals surface area contributed by atoms with Crippen LogP contribution in [0.2, 0.25) is 0 Å². The van der Waals surface area contributed by atoms with Crippen molar-refractivity contribution in [2.75, 3.05) is 11.9 Å². The predicted molar refractivity (Wildman–Crippen MR) is 58.9 cm³/mol. The molecule has 2 N–H and O–H groups in total. The van der Waals surface area contributed by atoms with Gasteiger partial charge in [0, 0.05) is 5.69 Å². The maximum Gasteiger partial charge on any atom is 0.416 e. The van der Waals surface area contributed by atoms with Gasteiger partial charge in [-0.2, -0.15) is 13.2 Å². The van der Waals surface area contributed by atoms with E-state index in [9.17, 15) is 18.0 Å². The first-order chi connectivity index (χ1) is 7.89. The summed E-state index contributed by atoms with van der Waals surface area (Å²) in [5.41, 5.74) is -0.422. The van der Waals surface area contributed by atoms with Gasteiger partial charge in [0.25, 0.3) is 0 Å². The van der Waals surface area contributed by atoms with Gasteiger partial charge in [-0.25, -0.2) is 0 Å². The second-order valence-corrected chi connectivity index (χ2v) is 2.82. The SMILES string of the molecule is CC.O=C(O)CNc1ccc(C(F)(F)F)cc1. The van der Waals surface area contributed by atoms with Crippen molar-refractivity contribution in [1.82, 2.24) is 0 Å². The van der Waals surface area contributed by atoms with Crippen molar-refractivity contribution in [2.24, 2.45) is 0 Å². The molecule has 0 atom stereocenters. The Hall–Kier alpha value is -1.72. The molecule has 96 valence electrons. The molecule has 0 aliphatic carbocycles. The molecule has 0 aliphatic rings. The van der Waals surface area contributed by atoms with Gasteiger partial charge in [-0.05, 0) is 24.3 Å². The lowest BCUT2D eigenvalue weighted by molar-refractivity contribution is -0.137.